The van der Waals surface area contributed by atoms with Crippen LogP contribution in [0.4, 0.5) is 0 Å². The third kappa shape index (κ3) is 4.59. The number of hydrogen-bond donors (Lipinski definition) is 1. The van der Waals surface area contributed by atoms with Gasteiger partial charge in [-0.1, -0.05) is 34.6 Å². The summed E-state index contributed by atoms with van der Waals surface area (Å²) in [6.45, 7) is 19.0. The SMILES string of the molecule is CCCNC(C)C(C)(C)CN1CCC(C)(C)C1. The van der Waals surface area contributed by atoms with Gasteiger partial charge in [0, 0.05) is 19.1 Å². The first kappa shape index (κ1) is 15.0. The summed E-state index contributed by atoms with van der Waals surface area (Å²) in [5.41, 5.74) is 0.881. The molecule has 0 aromatic rings. The van der Waals surface area contributed by atoms with Crippen LogP contribution in [0.25, 0.3) is 0 Å². The van der Waals surface area contributed by atoms with E-state index < -0.39 is 0 Å². The quantitative estimate of drug-likeness (QED) is 0.767. The van der Waals surface area contributed by atoms with Crippen LogP contribution < -0.4 is 5.32 Å². The first-order valence-corrected chi connectivity index (χ1v) is 7.22. The first-order valence-electron chi connectivity index (χ1n) is 7.22. The van der Waals surface area contributed by atoms with Crippen molar-refractivity contribution >= 4 is 0 Å². The zero-order valence-corrected chi connectivity index (χ0v) is 12.8. The van der Waals surface area contributed by atoms with Crippen molar-refractivity contribution in [3.05, 3.63) is 0 Å². The van der Waals surface area contributed by atoms with Crippen LogP contribution in [0.5, 0.6) is 0 Å². The predicted molar refractivity (Wildman–Crippen MR) is 76.4 cm³/mol. The maximum atomic E-state index is 3.64. The lowest BCUT2D eigenvalue weighted by atomic mass is 9.84. The van der Waals surface area contributed by atoms with Gasteiger partial charge in [0.25, 0.3) is 0 Å². The van der Waals surface area contributed by atoms with Crippen molar-refractivity contribution in [2.24, 2.45) is 10.8 Å². The minimum Gasteiger partial charge on any atom is -0.314 e. The molecule has 0 spiro atoms. The van der Waals surface area contributed by atoms with Gasteiger partial charge in [-0.2, -0.15) is 0 Å². The number of nitrogens with zero attached hydrogens (tertiary/aromatic N) is 1. The van der Waals surface area contributed by atoms with Gasteiger partial charge in [0.1, 0.15) is 0 Å². The molecule has 1 N–H and O–H groups in total. The van der Waals surface area contributed by atoms with Crippen LogP contribution >= 0.6 is 0 Å². The molecule has 1 aliphatic rings. The summed E-state index contributed by atoms with van der Waals surface area (Å²) in [5.74, 6) is 0. The molecule has 0 radical (unpaired) electrons. The van der Waals surface area contributed by atoms with Gasteiger partial charge in [0.05, 0.1) is 0 Å². The predicted octanol–water partition coefficient (Wildman–Crippen LogP) is 3.13. The normalized spacial score (nSPS) is 22.9. The molecule has 0 amide bonds. The molecule has 0 aliphatic carbocycles. The second kappa shape index (κ2) is 5.71. The van der Waals surface area contributed by atoms with E-state index >= 15 is 0 Å². The standard InChI is InChI=1S/C15H32N2/c1-7-9-16-13(2)15(5,6)12-17-10-8-14(3,4)11-17/h13,16H,7-12H2,1-6H3. The molecule has 0 aromatic heterocycles. The van der Waals surface area contributed by atoms with Crippen LogP contribution in [-0.2, 0) is 0 Å². The molecule has 1 heterocycles. The van der Waals surface area contributed by atoms with Gasteiger partial charge in [-0.15, -0.1) is 0 Å². The summed E-state index contributed by atoms with van der Waals surface area (Å²) < 4.78 is 0. The molecule has 0 aromatic carbocycles. The van der Waals surface area contributed by atoms with Gasteiger partial charge >= 0.3 is 0 Å². The number of rotatable bonds is 6. The van der Waals surface area contributed by atoms with E-state index in [2.05, 4.69) is 51.8 Å². The molecule has 1 aliphatic heterocycles. The van der Waals surface area contributed by atoms with Gasteiger partial charge in [0.2, 0.25) is 0 Å². The van der Waals surface area contributed by atoms with Crippen molar-refractivity contribution in [1.82, 2.24) is 10.2 Å². The third-order valence-electron chi connectivity index (χ3n) is 4.26. The summed E-state index contributed by atoms with van der Waals surface area (Å²) in [5, 5.41) is 3.64. The molecule has 1 rings (SSSR count). The van der Waals surface area contributed by atoms with Crippen molar-refractivity contribution < 1.29 is 0 Å². The monoisotopic (exact) mass is 240 g/mol. The highest BCUT2D eigenvalue weighted by Gasteiger charge is 2.34. The summed E-state index contributed by atoms with van der Waals surface area (Å²) in [4.78, 5) is 2.64. The molecule has 102 valence electrons. The van der Waals surface area contributed by atoms with Gasteiger partial charge < -0.3 is 10.2 Å². The molecule has 1 saturated heterocycles. The number of nitrogens with one attached hydrogen (secondary N) is 1. The molecule has 0 bridgehead atoms. The average Bonchev–Trinajstić information content (AvgIpc) is 2.53. The summed E-state index contributed by atoms with van der Waals surface area (Å²) >= 11 is 0. The highest BCUT2D eigenvalue weighted by molar-refractivity contribution is 4.89. The van der Waals surface area contributed by atoms with Crippen LogP contribution in [0.1, 0.15) is 54.4 Å². The number of likely N-dealkylation sites (tertiary alicyclic amines) is 1. The highest BCUT2D eigenvalue weighted by Crippen LogP contribution is 2.32. The molecule has 1 atom stereocenters. The second-order valence-corrected chi connectivity index (χ2v) is 7.29. The van der Waals surface area contributed by atoms with Crippen molar-refractivity contribution in [2.75, 3.05) is 26.2 Å². The first-order chi connectivity index (χ1) is 7.77. The lowest BCUT2D eigenvalue weighted by molar-refractivity contribution is 0.154. The van der Waals surface area contributed by atoms with E-state index in [9.17, 15) is 0 Å². The Bertz CT molecular complexity index is 233. The second-order valence-electron chi connectivity index (χ2n) is 7.29. The van der Waals surface area contributed by atoms with E-state index in [-0.39, 0.29) is 0 Å². The minimum atomic E-state index is 0.357. The van der Waals surface area contributed by atoms with Crippen LogP contribution in [0.3, 0.4) is 0 Å². The molecule has 1 fully saturated rings. The minimum absolute atomic E-state index is 0.357. The Labute approximate surface area is 108 Å². The van der Waals surface area contributed by atoms with Crippen LogP contribution in [0, 0.1) is 10.8 Å². The van der Waals surface area contributed by atoms with Gasteiger partial charge in [-0.05, 0) is 43.7 Å². The maximum Gasteiger partial charge on any atom is 0.0102 e. The largest absolute Gasteiger partial charge is 0.314 e. The van der Waals surface area contributed by atoms with Crippen molar-refractivity contribution in [2.45, 2.75) is 60.4 Å². The van der Waals surface area contributed by atoms with Crippen LogP contribution in [-0.4, -0.2) is 37.1 Å². The smallest absolute Gasteiger partial charge is 0.0102 e. The molecular formula is C15H32N2. The lowest BCUT2D eigenvalue weighted by Crippen LogP contribution is -2.46. The molecular weight excluding hydrogens is 208 g/mol. The maximum absolute atomic E-state index is 3.64. The van der Waals surface area contributed by atoms with E-state index in [4.69, 9.17) is 0 Å². The fraction of sp³-hybridized carbons (Fsp3) is 1.00. The summed E-state index contributed by atoms with van der Waals surface area (Å²) in [6.07, 6.45) is 2.57. The molecule has 0 saturated carbocycles. The number of hydrogen-bond acceptors (Lipinski definition) is 2. The Morgan fingerprint density at radius 2 is 2.00 bits per heavy atom. The zero-order valence-electron chi connectivity index (χ0n) is 12.8. The summed E-state index contributed by atoms with van der Waals surface area (Å²) in [7, 11) is 0. The van der Waals surface area contributed by atoms with Crippen molar-refractivity contribution in [1.29, 1.82) is 0 Å². The Kier molecular flexibility index (Phi) is 5.03. The fourth-order valence-corrected chi connectivity index (χ4v) is 2.71. The zero-order chi connectivity index (χ0) is 13.1. The average molecular weight is 240 g/mol. The van der Waals surface area contributed by atoms with Gasteiger partial charge in [-0.3, -0.25) is 0 Å². The van der Waals surface area contributed by atoms with Crippen molar-refractivity contribution in [3.8, 4) is 0 Å². The fourth-order valence-electron chi connectivity index (χ4n) is 2.71. The topological polar surface area (TPSA) is 15.3 Å². The van der Waals surface area contributed by atoms with Crippen LogP contribution in [0.15, 0.2) is 0 Å². The molecule has 2 heteroatoms. The Morgan fingerprint density at radius 1 is 1.35 bits per heavy atom. The third-order valence-corrected chi connectivity index (χ3v) is 4.26. The van der Waals surface area contributed by atoms with Gasteiger partial charge in [-0.25, -0.2) is 0 Å². The Morgan fingerprint density at radius 3 is 2.47 bits per heavy atom. The summed E-state index contributed by atoms with van der Waals surface area (Å²) in [6, 6.07) is 0.589. The molecule has 2 nitrogen and oxygen atoms in total. The Balaban J connectivity index is 2.43. The van der Waals surface area contributed by atoms with E-state index in [0.29, 0.717) is 16.9 Å². The van der Waals surface area contributed by atoms with Crippen molar-refractivity contribution in [3.63, 3.8) is 0 Å². The Hall–Kier alpha value is -0.0800. The van der Waals surface area contributed by atoms with E-state index in [1.54, 1.807) is 0 Å². The highest BCUT2D eigenvalue weighted by atomic mass is 15.2. The van der Waals surface area contributed by atoms with E-state index in [1.807, 2.05) is 0 Å². The van der Waals surface area contributed by atoms with Gasteiger partial charge in [0.15, 0.2) is 0 Å². The molecule has 17 heavy (non-hydrogen) atoms. The van der Waals surface area contributed by atoms with Crippen LogP contribution in [0.2, 0.25) is 0 Å². The van der Waals surface area contributed by atoms with E-state index in [1.165, 1.54) is 32.5 Å². The molecule has 1 unspecified atom stereocenters. The lowest BCUT2D eigenvalue weighted by Gasteiger charge is -2.36. The van der Waals surface area contributed by atoms with E-state index in [0.717, 1.165) is 6.54 Å².